The van der Waals surface area contributed by atoms with Crippen molar-refractivity contribution in [3.8, 4) is 11.3 Å². The second-order valence-electron chi connectivity index (χ2n) is 3.11. The van der Waals surface area contributed by atoms with Crippen molar-refractivity contribution >= 4 is 12.6 Å². The SMILES string of the molecule is Cc1c(CS)noc1-c1ccccc1. The first-order chi connectivity index (χ1) is 6.83. The molecule has 0 atom stereocenters. The molecule has 0 fully saturated rings. The van der Waals surface area contributed by atoms with Gasteiger partial charge in [-0.05, 0) is 6.92 Å². The molecule has 72 valence electrons. The van der Waals surface area contributed by atoms with Crippen LogP contribution in [0.25, 0.3) is 11.3 Å². The molecule has 14 heavy (non-hydrogen) atoms. The van der Waals surface area contributed by atoms with E-state index in [2.05, 4.69) is 17.8 Å². The molecule has 0 aliphatic rings. The van der Waals surface area contributed by atoms with Crippen LogP contribution in [-0.2, 0) is 5.75 Å². The van der Waals surface area contributed by atoms with Crippen LogP contribution in [0.3, 0.4) is 0 Å². The molecule has 3 heteroatoms. The highest BCUT2D eigenvalue weighted by Gasteiger charge is 2.11. The molecule has 0 saturated heterocycles. The first-order valence-corrected chi connectivity index (χ1v) is 5.07. The third-order valence-electron chi connectivity index (χ3n) is 2.21. The summed E-state index contributed by atoms with van der Waals surface area (Å²) in [5, 5.41) is 3.96. The van der Waals surface area contributed by atoms with Gasteiger partial charge in [0.15, 0.2) is 5.76 Å². The number of nitrogens with zero attached hydrogens (tertiary/aromatic N) is 1. The zero-order valence-electron chi connectivity index (χ0n) is 7.90. The monoisotopic (exact) mass is 205 g/mol. The predicted octanol–water partition coefficient (Wildman–Crippen LogP) is 3.08. The van der Waals surface area contributed by atoms with Crippen LogP contribution in [0.15, 0.2) is 34.9 Å². The molecule has 2 rings (SSSR count). The van der Waals surface area contributed by atoms with Crippen LogP contribution in [0.2, 0.25) is 0 Å². The van der Waals surface area contributed by atoms with Crippen molar-refractivity contribution in [1.82, 2.24) is 5.16 Å². The van der Waals surface area contributed by atoms with Gasteiger partial charge in [-0.2, -0.15) is 12.6 Å². The van der Waals surface area contributed by atoms with Crippen LogP contribution in [0.1, 0.15) is 11.3 Å². The van der Waals surface area contributed by atoms with E-state index in [1.54, 1.807) is 0 Å². The summed E-state index contributed by atoms with van der Waals surface area (Å²) in [6, 6.07) is 9.97. The van der Waals surface area contributed by atoms with Crippen molar-refractivity contribution in [2.45, 2.75) is 12.7 Å². The van der Waals surface area contributed by atoms with Crippen LogP contribution < -0.4 is 0 Å². The lowest BCUT2D eigenvalue weighted by atomic mass is 10.1. The molecule has 0 saturated carbocycles. The number of hydrogen-bond acceptors (Lipinski definition) is 3. The number of rotatable bonds is 2. The van der Waals surface area contributed by atoms with Crippen molar-refractivity contribution < 1.29 is 4.52 Å². The van der Waals surface area contributed by atoms with E-state index in [1.165, 1.54) is 0 Å². The minimum atomic E-state index is 0.613. The average molecular weight is 205 g/mol. The van der Waals surface area contributed by atoms with Crippen molar-refractivity contribution in [3.05, 3.63) is 41.6 Å². The maximum atomic E-state index is 5.27. The quantitative estimate of drug-likeness (QED) is 0.762. The maximum Gasteiger partial charge on any atom is 0.170 e. The summed E-state index contributed by atoms with van der Waals surface area (Å²) in [6.45, 7) is 2.00. The highest BCUT2D eigenvalue weighted by Crippen LogP contribution is 2.25. The zero-order chi connectivity index (χ0) is 9.97. The number of hydrogen-bond donors (Lipinski definition) is 1. The van der Waals surface area contributed by atoms with E-state index in [0.717, 1.165) is 22.6 Å². The molecule has 0 aliphatic carbocycles. The van der Waals surface area contributed by atoms with Gasteiger partial charge < -0.3 is 4.52 Å². The fourth-order valence-electron chi connectivity index (χ4n) is 1.37. The lowest BCUT2D eigenvalue weighted by Crippen LogP contribution is -1.81. The van der Waals surface area contributed by atoms with Gasteiger partial charge >= 0.3 is 0 Å². The molecule has 1 aromatic carbocycles. The highest BCUT2D eigenvalue weighted by molar-refractivity contribution is 7.79. The van der Waals surface area contributed by atoms with E-state index in [0.29, 0.717) is 5.75 Å². The number of benzene rings is 1. The molecule has 0 radical (unpaired) electrons. The Balaban J connectivity index is 2.48. The van der Waals surface area contributed by atoms with Crippen LogP contribution >= 0.6 is 12.6 Å². The van der Waals surface area contributed by atoms with Gasteiger partial charge in [0.25, 0.3) is 0 Å². The Kier molecular flexibility index (Phi) is 2.59. The van der Waals surface area contributed by atoms with Crippen molar-refractivity contribution in [3.63, 3.8) is 0 Å². The second kappa shape index (κ2) is 3.88. The largest absolute Gasteiger partial charge is 0.356 e. The molecule has 0 N–H and O–H groups in total. The van der Waals surface area contributed by atoms with Crippen LogP contribution in [0.5, 0.6) is 0 Å². The van der Waals surface area contributed by atoms with E-state index in [1.807, 2.05) is 37.3 Å². The normalized spacial score (nSPS) is 10.4. The molecule has 1 aromatic heterocycles. The van der Waals surface area contributed by atoms with Gasteiger partial charge in [-0.3, -0.25) is 0 Å². The molecule has 2 nitrogen and oxygen atoms in total. The summed E-state index contributed by atoms with van der Waals surface area (Å²) in [7, 11) is 0. The third-order valence-corrected chi connectivity index (χ3v) is 2.51. The molecule has 0 amide bonds. The summed E-state index contributed by atoms with van der Waals surface area (Å²) in [5.41, 5.74) is 3.05. The molecule has 0 spiro atoms. The fourth-order valence-corrected chi connectivity index (χ4v) is 1.67. The van der Waals surface area contributed by atoms with Gasteiger partial charge in [0, 0.05) is 16.9 Å². The van der Waals surface area contributed by atoms with Crippen molar-refractivity contribution in [1.29, 1.82) is 0 Å². The standard InChI is InChI=1S/C11H11NOS/c1-8-10(7-14)12-13-11(8)9-5-3-2-4-6-9/h2-6,14H,7H2,1H3. The van der Waals surface area contributed by atoms with E-state index >= 15 is 0 Å². The van der Waals surface area contributed by atoms with Gasteiger partial charge in [0.05, 0.1) is 5.69 Å². The lowest BCUT2D eigenvalue weighted by Gasteiger charge is -1.95. The van der Waals surface area contributed by atoms with Gasteiger partial charge in [0.2, 0.25) is 0 Å². The first-order valence-electron chi connectivity index (χ1n) is 4.44. The Bertz CT molecular complexity index is 422. The van der Waals surface area contributed by atoms with E-state index in [-0.39, 0.29) is 0 Å². The van der Waals surface area contributed by atoms with Crippen LogP contribution in [-0.4, -0.2) is 5.16 Å². The summed E-state index contributed by atoms with van der Waals surface area (Å²) in [5.74, 6) is 1.46. The Labute approximate surface area is 88.3 Å². The van der Waals surface area contributed by atoms with Crippen molar-refractivity contribution in [2.75, 3.05) is 0 Å². The number of aromatic nitrogens is 1. The lowest BCUT2D eigenvalue weighted by molar-refractivity contribution is 0.426. The number of thiol groups is 1. The summed E-state index contributed by atoms with van der Waals surface area (Å²) >= 11 is 4.18. The first kappa shape index (κ1) is 9.34. The van der Waals surface area contributed by atoms with E-state index in [9.17, 15) is 0 Å². The molecule has 1 heterocycles. The molecule has 0 aliphatic heterocycles. The fraction of sp³-hybridized carbons (Fsp3) is 0.182. The van der Waals surface area contributed by atoms with Crippen molar-refractivity contribution in [2.24, 2.45) is 0 Å². The average Bonchev–Trinajstić information content (AvgIpc) is 2.61. The molecular formula is C11H11NOS. The van der Waals surface area contributed by atoms with Gasteiger partial charge in [0.1, 0.15) is 0 Å². The maximum absolute atomic E-state index is 5.27. The Morgan fingerprint density at radius 2 is 2.00 bits per heavy atom. The molecular weight excluding hydrogens is 194 g/mol. The molecule has 2 aromatic rings. The van der Waals surface area contributed by atoms with Crippen LogP contribution in [0, 0.1) is 6.92 Å². The topological polar surface area (TPSA) is 26.0 Å². The summed E-state index contributed by atoms with van der Waals surface area (Å²) in [6.07, 6.45) is 0. The molecule has 0 bridgehead atoms. The summed E-state index contributed by atoms with van der Waals surface area (Å²) in [4.78, 5) is 0. The molecule has 0 unspecified atom stereocenters. The van der Waals surface area contributed by atoms with Gasteiger partial charge in [-0.25, -0.2) is 0 Å². The Hall–Kier alpha value is -1.22. The Morgan fingerprint density at radius 3 is 2.57 bits per heavy atom. The predicted molar refractivity (Wildman–Crippen MR) is 59.4 cm³/mol. The van der Waals surface area contributed by atoms with E-state index in [4.69, 9.17) is 4.52 Å². The Morgan fingerprint density at radius 1 is 1.29 bits per heavy atom. The van der Waals surface area contributed by atoms with Crippen LogP contribution in [0.4, 0.5) is 0 Å². The zero-order valence-corrected chi connectivity index (χ0v) is 8.79. The highest BCUT2D eigenvalue weighted by atomic mass is 32.1. The van der Waals surface area contributed by atoms with Gasteiger partial charge in [-0.15, -0.1) is 0 Å². The minimum Gasteiger partial charge on any atom is -0.356 e. The third kappa shape index (κ3) is 1.55. The minimum absolute atomic E-state index is 0.613. The summed E-state index contributed by atoms with van der Waals surface area (Å²) < 4.78 is 5.27. The second-order valence-corrected chi connectivity index (χ2v) is 3.42. The smallest absolute Gasteiger partial charge is 0.170 e. The van der Waals surface area contributed by atoms with E-state index < -0.39 is 0 Å². The van der Waals surface area contributed by atoms with Gasteiger partial charge in [-0.1, -0.05) is 35.5 Å².